The molecule has 2 nitrogen and oxygen atoms in total. The van der Waals surface area contributed by atoms with Gasteiger partial charge in [0.2, 0.25) is 5.90 Å². The van der Waals surface area contributed by atoms with Crippen LogP contribution in [0.1, 0.15) is 5.56 Å². The van der Waals surface area contributed by atoms with E-state index in [9.17, 15) is 0 Å². The van der Waals surface area contributed by atoms with Crippen molar-refractivity contribution in [2.45, 2.75) is 0 Å². The van der Waals surface area contributed by atoms with Crippen molar-refractivity contribution in [2.24, 2.45) is 0 Å². The van der Waals surface area contributed by atoms with Crippen molar-refractivity contribution >= 4 is 17.2 Å². The molecule has 0 atom stereocenters. The predicted octanol–water partition coefficient (Wildman–Crippen LogP) is 3.39. The van der Waals surface area contributed by atoms with Crippen LogP contribution in [0, 0.1) is 5.41 Å². The van der Waals surface area contributed by atoms with E-state index in [-0.39, 0.29) is 5.90 Å². The van der Waals surface area contributed by atoms with Crippen LogP contribution in [0.25, 0.3) is 10.4 Å². The molecule has 76 valence electrons. The second-order valence-corrected chi connectivity index (χ2v) is 4.04. The molecular formula is C12H11NOS. The molecule has 2 rings (SSSR count). The third-order valence-corrected chi connectivity index (χ3v) is 3.08. The molecule has 0 unspecified atom stereocenters. The molecule has 0 aliphatic rings. The minimum atomic E-state index is 0.202. The van der Waals surface area contributed by atoms with Crippen molar-refractivity contribution < 1.29 is 4.74 Å². The topological polar surface area (TPSA) is 33.1 Å². The number of thiophene rings is 1. The largest absolute Gasteiger partial charge is 0.481 e. The fourth-order valence-corrected chi connectivity index (χ4v) is 2.08. The van der Waals surface area contributed by atoms with Gasteiger partial charge >= 0.3 is 0 Å². The zero-order valence-electron chi connectivity index (χ0n) is 8.36. The summed E-state index contributed by atoms with van der Waals surface area (Å²) in [7, 11) is 1.51. The number of nitrogens with one attached hydrogen (secondary N) is 1. The van der Waals surface area contributed by atoms with Gasteiger partial charge in [0.15, 0.2) is 0 Å². The summed E-state index contributed by atoms with van der Waals surface area (Å²) >= 11 is 1.71. The van der Waals surface area contributed by atoms with E-state index in [1.165, 1.54) is 17.6 Å². The lowest BCUT2D eigenvalue weighted by atomic mass is 10.1. The Balaban J connectivity index is 2.29. The van der Waals surface area contributed by atoms with Crippen molar-refractivity contribution in [3.05, 3.63) is 47.3 Å². The molecule has 0 fully saturated rings. The first-order valence-electron chi connectivity index (χ1n) is 4.58. The van der Waals surface area contributed by atoms with E-state index >= 15 is 0 Å². The highest BCUT2D eigenvalue weighted by Gasteiger charge is 2.02. The van der Waals surface area contributed by atoms with Crippen molar-refractivity contribution in [1.82, 2.24) is 0 Å². The smallest absolute Gasteiger partial charge is 0.212 e. The van der Waals surface area contributed by atoms with Crippen LogP contribution in [0.4, 0.5) is 0 Å². The minimum Gasteiger partial charge on any atom is -0.481 e. The molecule has 1 heterocycles. The van der Waals surface area contributed by atoms with Gasteiger partial charge in [-0.2, -0.15) is 0 Å². The number of hydrogen-bond acceptors (Lipinski definition) is 3. The Labute approximate surface area is 92.7 Å². The Morgan fingerprint density at radius 3 is 2.47 bits per heavy atom. The molecule has 1 aromatic heterocycles. The summed E-state index contributed by atoms with van der Waals surface area (Å²) in [4.78, 5) is 1.24. The molecule has 0 saturated heterocycles. The number of rotatable bonds is 2. The van der Waals surface area contributed by atoms with Gasteiger partial charge in [-0.1, -0.05) is 18.2 Å². The van der Waals surface area contributed by atoms with Crippen LogP contribution in [0.2, 0.25) is 0 Å². The maximum atomic E-state index is 7.50. The highest BCUT2D eigenvalue weighted by Crippen LogP contribution is 2.24. The van der Waals surface area contributed by atoms with Gasteiger partial charge in [-0.05, 0) is 29.1 Å². The standard InChI is InChI=1S/C12H11NOS/c1-14-12(13)10-6-4-9(5-7-10)11-3-2-8-15-11/h2-8,13H,1H3. The molecule has 0 radical (unpaired) electrons. The third-order valence-electron chi connectivity index (χ3n) is 2.16. The van der Waals surface area contributed by atoms with Crippen LogP contribution in [0.5, 0.6) is 0 Å². The molecule has 0 bridgehead atoms. The molecule has 0 aliphatic carbocycles. The fraction of sp³-hybridized carbons (Fsp3) is 0.0833. The Morgan fingerprint density at radius 1 is 1.20 bits per heavy atom. The lowest BCUT2D eigenvalue weighted by Crippen LogP contribution is -2.00. The van der Waals surface area contributed by atoms with E-state index in [0.717, 1.165) is 5.56 Å². The van der Waals surface area contributed by atoms with Gasteiger partial charge in [0.25, 0.3) is 0 Å². The summed E-state index contributed by atoms with van der Waals surface area (Å²) in [5.41, 5.74) is 1.98. The van der Waals surface area contributed by atoms with Crippen molar-refractivity contribution in [3.63, 3.8) is 0 Å². The monoisotopic (exact) mass is 217 g/mol. The molecule has 0 aliphatic heterocycles. The number of ether oxygens (including phenoxy) is 1. The normalized spacial score (nSPS) is 9.93. The summed E-state index contributed by atoms with van der Waals surface area (Å²) in [6.45, 7) is 0. The van der Waals surface area contributed by atoms with Crippen molar-refractivity contribution in [2.75, 3.05) is 7.11 Å². The number of methoxy groups -OCH3 is 1. The van der Waals surface area contributed by atoms with E-state index in [1.807, 2.05) is 30.3 Å². The Hall–Kier alpha value is -1.61. The molecule has 0 amide bonds. The lowest BCUT2D eigenvalue weighted by molar-refractivity contribution is 0.401. The van der Waals surface area contributed by atoms with E-state index in [0.29, 0.717) is 0 Å². The summed E-state index contributed by atoms with van der Waals surface area (Å²) in [6.07, 6.45) is 0. The summed E-state index contributed by atoms with van der Waals surface area (Å²) in [5, 5.41) is 9.56. The van der Waals surface area contributed by atoms with Gasteiger partial charge in [-0.3, -0.25) is 5.41 Å². The number of hydrogen-bond donors (Lipinski definition) is 1. The molecule has 1 N–H and O–H groups in total. The minimum absolute atomic E-state index is 0.202. The third kappa shape index (κ3) is 2.07. The van der Waals surface area contributed by atoms with Crippen LogP contribution in [0.15, 0.2) is 41.8 Å². The quantitative estimate of drug-likeness (QED) is 0.607. The van der Waals surface area contributed by atoms with Gasteiger partial charge in [0, 0.05) is 10.4 Å². The van der Waals surface area contributed by atoms with Gasteiger partial charge in [-0.25, -0.2) is 0 Å². The van der Waals surface area contributed by atoms with E-state index in [2.05, 4.69) is 11.4 Å². The van der Waals surface area contributed by atoms with Crippen LogP contribution >= 0.6 is 11.3 Å². The van der Waals surface area contributed by atoms with Gasteiger partial charge < -0.3 is 4.74 Å². The van der Waals surface area contributed by atoms with Crippen LogP contribution in [-0.4, -0.2) is 13.0 Å². The second kappa shape index (κ2) is 4.28. The highest BCUT2D eigenvalue weighted by molar-refractivity contribution is 7.13. The highest BCUT2D eigenvalue weighted by atomic mass is 32.1. The van der Waals surface area contributed by atoms with Crippen molar-refractivity contribution in [1.29, 1.82) is 5.41 Å². The maximum absolute atomic E-state index is 7.50. The van der Waals surface area contributed by atoms with Crippen LogP contribution < -0.4 is 0 Å². The molecule has 15 heavy (non-hydrogen) atoms. The Kier molecular flexibility index (Phi) is 2.83. The first kappa shape index (κ1) is 9.93. The van der Waals surface area contributed by atoms with E-state index < -0.39 is 0 Å². The predicted molar refractivity (Wildman–Crippen MR) is 63.6 cm³/mol. The molecule has 0 saturated carbocycles. The maximum Gasteiger partial charge on any atom is 0.212 e. The van der Waals surface area contributed by atoms with Gasteiger partial charge in [0.1, 0.15) is 0 Å². The molecule has 3 heteroatoms. The summed E-state index contributed by atoms with van der Waals surface area (Å²) in [5.74, 6) is 0.202. The Morgan fingerprint density at radius 2 is 1.93 bits per heavy atom. The summed E-state index contributed by atoms with van der Waals surface area (Å²) in [6, 6.07) is 11.9. The van der Waals surface area contributed by atoms with E-state index in [1.54, 1.807) is 11.3 Å². The Bertz CT molecular complexity index is 445. The second-order valence-electron chi connectivity index (χ2n) is 3.09. The van der Waals surface area contributed by atoms with Crippen molar-refractivity contribution in [3.8, 4) is 10.4 Å². The molecular weight excluding hydrogens is 206 g/mol. The average molecular weight is 217 g/mol. The average Bonchev–Trinajstić information content (AvgIpc) is 2.82. The van der Waals surface area contributed by atoms with Crippen LogP contribution in [-0.2, 0) is 4.74 Å². The zero-order valence-corrected chi connectivity index (χ0v) is 9.17. The summed E-state index contributed by atoms with van der Waals surface area (Å²) < 4.78 is 4.85. The fourth-order valence-electron chi connectivity index (χ4n) is 1.35. The van der Waals surface area contributed by atoms with E-state index in [4.69, 9.17) is 10.1 Å². The SMILES string of the molecule is COC(=N)c1ccc(-c2cccs2)cc1. The first-order valence-corrected chi connectivity index (χ1v) is 5.46. The number of benzene rings is 1. The molecule has 1 aromatic carbocycles. The van der Waals surface area contributed by atoms with Gasteiger partial charge in [0.05, 0.1) is 7.11 Å². The van der Waals surface area contributed by atoms with Gasteiger partial charge in [-0.15, -0.1) is 11.3 Å². The molecule has 2 aromatic rings. The zero-order chi connectivity index (χ0) is 10.7. The van der Waals surface area contributed by atoms with Crippen LogP contribution in [0.3, 0.4) is 0 Å². The first-order chi connectivity index (χ1) is 7.31. The lowest BCUT2D eigenvalue weighted by Gasteiger charge is -2.03. The molecule has 0 spiro atoms.